The Hall–Kier alpha value is -1.42. The van der Waals surface area contributed by atoms with Crippen LogP contribution in [0.15, 0.2) is 24.4 Å². The Morgan fingerprint density at radius 2 is 2.35 bits per heavy atom. The Labute approximate surface area is 101 Å². The maximum Gasteiger partial charge on any atom is 0.272 e. The highest BCUT2D eigenvalue weighted by Crippen LogP contribution is 2.32. The third-order valence-electron chi connectivity index (χ3n) is 3.90. The number of nitrogens with zero attached hydrogens (tertiary/aromatic N) is 2. The van der Waals surface area contributed by atoms with E-state index in [1.807, 2.05) is 17.0 Å². The number of rotatable bonds is 1. The van der Waals surface area contributed by atoms with E-state index in [0.717, 1.165) is 19.5 Å². The summed E-state index contributed by atoms with van der Waals surface area (Å²) >= 11 is 0. The third-order valence-corrected chi connectivity index (χ3v) is 3.90. The van der Waals surface area contributed by atoms with Gasteiger partial charge in [0, 0.05) is 31.4 Å². The predicted octanol–water partition coefficient (Wildman–Crippen LogP) is 0.904. The molecule has 1 aromatic heterocycles. The number of hydrogen-bond donors (Lipinski definition) is 1. The summed E-state index contributed by atoms with van der Waals surface area (Å²) in [4.78, 5) is 18.6. The van der Waals surface area contributed by atoms with Crippen molar-refractivity contribution in [3.63, 3.8) is 0 Å². The van der Waals surface area contributed by atoms with Crippen LogP contribution in [0.1, 0.15) is 23.8 Å². The Morgan fingerprint density at radius 3 is 3.12 bits per heavy atom. The molecule has 2 aliphatic heterocycles. The smallest absolute Gasteiger partial charge is 0.272 e. The molecule has 0 spiro atoms. The lowest BCUT2D eigenvalue weighted by Gasteiger charge is -2.27. The molecule has 0 aromatic carbocycles. The summed E-state index contributed by atoms with van der Waals surface area (Å²) < 4.78 is 0. The minimum absolute atomic E-state index is 0.0781. The lowest BCUT2D eigenvalue weighted by molar-refractivity contribution is 0.0676. The number of pyridine rings is 1. The molecule has 3 unspecified atom stereocenters. The maximum atomic E-state index is 12.4. The van der Waals surface area contributed by atoms with E-state index in [4.69, 9.17) is 0 Å². The Morgan fingerprint density at radius 1 is 1.47 bits per heavy atom. The molecule has 2 fully saturated rings. The first-order chi connectivity index (χ1) is 8.27. The summed E-state index contributed by atoms with van der Waals surface area (Å²) in [5.41, 5.74) is 0.562. The zero-order valence-electron chi connectivity index (χ0n) is 9.97. The molecule has 3 heterocycles. The van der Waals surface area contributed by atoms with Crippen LogP contribution < -0.4 is 5.32 Å². The second-order valence-electron chi connectivity index (χ2n) is 5.00. The summed E-state index contributed by atoms with van der Waals surface area (Å²) in [6, 6.07) is 6.20. The van der Waals surface area contributed by atoms with Crippen molar-refractivity contribution >= 4 is 5.91 Å². The van der Waals surface area contributed by atoms with Crippen molar-refractivity contribution in [1.82, 2.24) is 15.2 Å². The van der Waals surface area contributed by atoms with Crippen LogP contribution in [0.2, 0.25) is 0 Å². The highest BCUT2D eigenvalue weighted by Gasteiger charge is 2.44. The molecule has 3 rings (SSSR count). The highest BCUT2D eigenvalue weighted by atomic mass is 16.2. The van der Waals surface area contributed by atoms with Crippen LogP contribution in [-0.2, 0) is 0 Å². The normalized spacial score (nSPS) is 31.6. The fourth-order valence-corrected chi connectivity index (χ4v) is 3.14. The number of nitrogens with one attached hydrogen (secondary N) is 1. The Bertz CT molecular complexity index is 420. The quantitative estimate of drug-likeness (QED) is 0.781. The number of amides is 1. The molecule has 1 amide bonds. The molecule has 0 radical (unpaired) electrons. The molecular weight excluding hydrogens is 214 g/mol. The first-order valence-electron chi connectivity index (χ1n) is 6.22. The maximum absolute atomic E-state index is 12.4. The monoisotopic (exact) mass is 231 g/mol. The van der Waals surface area contributed by atoms with Gasteiger partial charge in [0.1, 0.15) is 5.69 Å². The summed E-state index contributed by atoms with van der Waals surface area (Å²) in [5.74, 6) is 0.701. The summed E-state index contributed by atoms with van der Waals surface area (Å²) in [7, 11) is 0. The van der Waals surface area contributed by atoms with Crippen molar-refractivity contribution in [1.29, 1.82) is 0 Å². The Kier molecular flexibility index (Phi) is 2.59. The van der Waals surface area contributed by atoms with Gasteiger partial charge in [-0.2, -0.15) is 0 Å². The third kappa shape index (κ3) is 1.72. The van der Waals surface area contributed by atoms with Crippen molar-refractivity contribution in [2.45, 2.75) is 25.4 Å². The second-order valence-corrected chi connectivity index (χ2v) is 5.00. The number of hydrogen-bond acceptors (Lipinski definition) is 3. The minimum Gasteiger partial charge on any atom is -0.330 e. The average molecular weight is 231 g/mol. The van der Waals surface area contributed by atoms with Crippen molar-refractivity contribution in [2.75, 3.05) is 13.1 Å². The van der Waals surface area contributed by atoms with Crippen molar-refractivity contribution < 1.29 is 4.79 Å². The highest BCUT2D eigenvalue weighted by molar-refractivity contribution is 5.93. The van der Waals surface area contributed by atoms with Crippen molar-refractivity contribution in [3.8, 4) is 0 Å². The molecule has 3 atom stereocenters. The number of aromatic nitrogens is 1. The van der Waals surface area contributed by atoms with E-state index in [1.165, 1.54) is 0 Å². The Balaban J connectivity index is 1.86. The number of fused-ring (bicyclic) bond motifs is 1. The van der Waals surface area contributed by atoms with Gasteiger partial charge in [-0.15, -0.1) is 0 Å². The molecular formula is C13H17N3O. The van der Waals surface area contributed by atoms with Crippen LogP contribution >= 0.6 is 0 Å². The van der Waals surface area contributed by atoms with Crippen LogP contribution in [0.3, 0.4) is 0 Å². The number of likely N-dealkylation sites (tertiary alicyclic amines) is 1. The van der Waals surface area contributed by atoms with Gasteiger partial charge in [-0.1, -0.05) is 6.07 Å². The van der Waals surface area contributed by atoms with E-state index < -0.39 is 0 Å². The van der Waals surface area contributed by atoms with Gasteiger partial charge < -0.3 is 10.2 Å². The van der Waals surface area contributed by atoms with Gasteiger partial charge >= 0.3 is 0 Å². The zero-order valence-corrected chi connectivity index (χ0v) is 9.97. The van der Waals surface area contributed by atoms with Gasteiger partial charge in [-0.3, -0.25) is 9.78 Å². The van der Waals surface area contributed by atoms with E-state index in [1.54, 1.807) is 12.3 Å². The lowest BCUT2D eigenvalue weighted by Crippen LogP contribution is -2.43. The van der Waals surface area contributed by atoms with Crippen LogP contribution in [-0.4, -0.2) is 41.0 Å². The van der Waals surface area contributed by atoms with E-state index in [-0.39, 0.29) is 5.91 Å². The van der Waals surface area contributed by atoms with Gasteiger partial charge in [-0.05, 0) is 31.4 Å². The lowest BCUT2D eigenvalue weighted by atomic mass is 10.0. The number of carbonyl (C=O) groups is 1. The predicted molar refractivity (Wildman–Crippen MR) is 64.6 cm³/mol. The zero-order chi connectivity index (χ0) is 11.8. The van der Waals surface area contributed by atoms with Gasteiger partial charge in [0.05, 0.1) is 0 Å². The first-order valence-corrected chi connectivity index (χ1v) is 6.22. The van der Waals surface area contributed by atoms with E-state index in [0.29, 0.717) is 23.7 Å². The molecule has 4 nitrogen and oxygen atoms in total. The fourth-order valence-electron chi connectivity index (χ4n) is 3.14. The molecule has 1 aromatic rings. The molecule has 2 aliphatic rings. The van der Waals surface area contributed by atoms with E-state index >= 15 is 0 Å². The second kappa shape index (κ2) is 4.11. The molecule has 0 aliphatic carbocycles. The largest absolute Gasteiger partial charge is 0.330 e. The average Bonchev–Trinajstić information content (AvgIpc) is 2.89. The molecule has 1 N–H and O–H groups in total. The van der Waals surface area contributed by atoms with Gasteiger partial charge in [0.2, 0.25) is 0 Å². The molecule has 90 valence electrons. The molecule has 4 heteroatoms. The van der Waals surface area contributed by atoms with Gasteiger partial charge in [0.25, 0.3) is 5.91 Å². The SMILES string of the molecule is CC1CC2CNCC2N1C(=O)c1ccccn1. The van der Waals surface area contributed by atoms with E-state index in [9.17, 15) is 4.79 Å². The van der Waals surface area contributed by atoms with Crippen molar-refractivity contribution in [2.24, 2.45) is 5.92 Å². The van der Waals surface area contributed by atoms with Crippen LogP contribution in [0, 0.1) is 5.92 Å². The molecule has 17 heavy (non-hydrogen) atoms. The fraction of sp³-hybridized carbons (Fsp3) is 0.538. The summed E-state index contributed by atoms with van der Waals surface area (Å²) in [6.07, 6.45) is 2.79. The molecule has 0 saturated carbocycles. The summed E-state index contributed by atoms with van der Waals surface area (Å²) in [6.45, 7) is 4.10. The van der Waals surface area contributed by atoms with Crippen LogP contribution in [0.4, 0.5) is 0 Å². The topological polar surface area (TPSA) is 45.2 Å². The molecule has 2 saturated heterocycles. The van der Waals surface area contributed by atoms with Crippen LogP contribution in [0.25, 0.3) is 0 Å². The van der Waals surface area contributed by atoms with Crippen molar-refractivity contribution in [3.05, 3.63) is 30.1 Å². The van der Waals surface area contributed by atoms with Crippen LogP contribution in [0.5, 0.6) is 0 Å². The summed E-state index contributed by atoms with van der Waals surface area (Å²) in [5, 5.41) is 3.37. The van der Waals surface area contributed by atoms with E-state index in [2.05, 4.69) is 17.2 Å². The molecule has 0 bridgehead atoms. The van der Waals surface area contributed by atoms with Gasteiger partial charge in [-0.25, -0.2) is 0 Å². The first kappa shape index (κ1) is 10.7. The standard InChI is InChI=1S/C13H17N3O/c1-9-6-10-7-14-8-12(10)16(9)13(17)11-4-2-3-5-15-11/h2-5,9-10,12,14H,6-8H2,1H3. The number of carbonyl (C=O) groups excluding carboxylic acids is 1. The minimum atomic E-state index is 0.0781. The van der Waals surface area contributed by atoms with Gasteiger partial charge in [0.15, 0.2) is 0 Å².